The average Bonchev–Trinajstić information content (AvgIpc) is 2.99. The summed E-state index contributed by atoms with van der Waals surface area (Å²) >= 11 is 0. The predicted molar refractivity (Wildman–Crippen MR) is 88.2 cm³/mol. The number of nitriles is 1. The molecule has 0 spiro atoms. The van der Waals surface area contributed by atoms with Gasteiger partial charge in [0.15, 0.2) is 11.9 Å². The van der Waals surface area contributed by atoms with Crippen LogP contribution in [-0.4, -0.2) is 22.2 Å². The molecule has 7 heteroatoms. The molecule has 0 aliphatic heterocycles. The second kappa shape index (κ2) is 6.29. The van der Waals surface area contributed by atoms with Crippen molar-refractivity contribution < 1.29 is 19.1 Å². The second-order valence-corrected chi connectivity index (χ2v) is 5.16. The molecule has 3 aromatic rings. The highest BCUT2D eigenvalue weighted by Crippen LogP contribution is 2.20. The van der Waals surface area contributed by atoms with E-state index in [-0.39, 0.29) is 22.4 Å². The number of allylic oxidation sites excluding steroid dienone is 1. The van der Waals surface area contributed by atoms with Gasteiger partial charge in [0.05, 0.1) is 11.1 Å². The lowest BCUT2D eigenvalue weighted by Crippen LogP contribution is -2.02. The van der Waals surface area contributed by atoms with Gasteiger partial charge in [-0.15, -0.1) is 0 Å². The van der Waals surface area contributed by atoms with Crippen molar-refractivity contribution in [3.8, 4) is 11.8 Å². The van der Waals surface area contributed by atoms with E-state index in [2.05, 4.69) is 4.98 Å². The monoisotopic (exact) mass is 334 g/mol. The molecular weight excluding hydrogens is 324 g/mol. The summed E-state index contributed by atoms with van der Waals surface area (Å²) in [6.45, 7) is 0. The number of carbonyl (C=O) groups excluding carboxylic acids is 2. The third kappa shape index (κ3) is 3.09. The van der Waals surface area contributed by atoms with E-state index in [1.54, 1.807) is 0 Å². The number of phenols is 1. The molecular formula is C18H10N2O5. The van der Waals surface area contributed by atoms with Crippen LogP contribution in [0.2, 0.25) is 0 Å². The fourth-order valence-corrected chi connectivity index (χ4v) is 2.32. The van der Waals surface area contributed by atoms with Crippen LogP contribution in [0.15, 0.2) is 51.2 Å². The first kappa shape index (κ1) is 16.0. The Labute approximate surface area is 140 Å². The van der Waals surface area contributed by atoms with Crippen LogP contribution >= 0.6 is 0 Å². The number of benzene rings is 2. The van der Waals surface area contributed by atoms with E-state index in [0.717, 1.165) is 0 Å². The SMILES string of the molecule is N#C/C(=C\c1ccc(O)c(C=O)c1)C(=O)c1ccc2oc(=O)[nH]c2c1. The number of hydrogen-bond donors (Lipinski definition) is 2. The minimum atomic E-state index is -0.638. The zero-order valence-electron chi connectivity index (χ0n) is 12.6. The van der Waals surface area contributed by atoms with Crippen molar-refractivity contribution in [2.75, 3.05) is 0 Å². The van der Waals surface area contributed by atoms with Crippen molar-refractivity contribution in [1.29, 1.82) is 5.26 Å². The van der Waals surface area contributed by atoms with Crippen LogP contribution in [0.1, 0.15) is 26.3 Å². The fraction of sp³-hybridized carbons (Fsp3) is 0. The van der Waals surface area contributed by atoms with E-state index in [0.29, 0.717) is 22.9 Å². The largest absolute Gasteiger partial charge is 0.507 e. The highest BCUT2D eigenvalue weighted by atomic mass is 16.4. The molecule has 25 heavy (non-hydrogen) atoms. The Bertz CT molecular complexity index is 1130. The van der Waals surface area contributed by atoms with E-state index in [1.165, 1.54) is 42.5 Å². The van der Waals surface area contributed by atoms with Crippen LogP contribution in [0.5, 0.6) is 5.75 Å². The molecule has 0 unspecified atom stereocenters. The molecule has 0 saturated heterocycles. The smallest absolute Gasteiger partial charge is 0.417 e. The third-order valence-corrected chi connectivity index (χ3v) is 3.54. The van der Waals surface area contributed by atoms with Gasteiger partial charge in [-0.2, -0.15) is 5.26 Å². The van der Waals surface area contributed by atoms with Crippen LogP contribution in [0.4, 0.5) is 0 Å². The van der Waals surface area contributed by atoms with Crippen molar-refractivity contribution in [3.63, 3.8) is 0 Å². The Balaban J connectivity index is 2.01. The minimum Gasteiger partial charge on any atom is -0.507 e. The Morgan fingerprint density at radius 2 is 2.04 bits per heavy atom. The zero-order valence-corrected chi connectivity index (χ0v) is 12.6. The number of nitrogens with one attached hydrogen (secondary N) is 1. The predicted octanol–water partition coefficient (Wildman–Crippen LogP) is 2.43. The highest BCUT2D eigenvalue weighted by molar-refractivity contribution is 6.15. The molecule has 3 rings (SSSR count). The number of rotatable bonds is 4. The Kier molecular flexibility index (Phi) is 4.02. The standard InChI is InChI=1S/C18H10N2O5/c19-8-12(5-10-1-3-15(22)13(6-10)9-21)17(23)11-2-4-16-14(7-11)20-18(24)25-16/h1-7,9,22H,(H,20,24)/b12-5+. The molecule has 0 saturated carbocycles. The van der Waals surface area contributed by atoms with Gasteiger partial charge in [-0.3, -0.25) is 14.6 Å². The molecule has 2 N–H and O–H groups in total. The van der Waals surface area contributed by atoms with Gasteiger partial charge in [0.1, 0.15) is 17.4 Å². The van der Waals surface area contributed by atoms with Crippen LogP contribution < -0.4 is 5.76 Å². The van der Waals surface area contributed by atoms with Gasteiger partial charge < -0.3 is 9.52 Å². The molecule has 0 aliphatic carbocycles. The zero-order chi connectivity index (χ0) is 18.0. The first-order valence-corrected chi connectivity index (χ1v) is 7.09. The molecule has 0 aliphatic rings. The van der Waals surface area contributed by atoms with Crippen molar-refractivity contribution in [2.45, 2.75) is 0 Å². The van der Waals surface area contributed by atoms with Crippen molar-refractivity contribution in [3.05, 3.63) is 69.2 Å². The number of nitrogens with zero attached hydrogens (tertiary/aromatic N) is 1. The number of carbonyl (C=O) groups is 2. The highest BCUT2D eigenvalue weighted by Gasteiger charge is 2.14. The summed E-state index contributed by atoms with van der Waals surface area (Å²) in [6.07, 6.45) is 1.79. The number of aldehydes is 1. The molecule has 0 fully saturated rings. The molecule has 122 valence electrons. The molecule has 0 atom stereocenters. The van der Waals surface area contributed by atoms with E-state index >= 15 is 0 Å². The quantitative estimate of drug-likeness (QED) is 0.327. The maximum absolute atomic E-state index is 12.5. The van der Waals surface area contributed by atoms with Gasteiger partial charge in [-0.05, 0) is 42.0 Å². The fourth-order valence-electron chi connectivity index (χ4n) is 2.32. The number of hydrogen-bond acceptors (Lipinski definition) is 6. The van der Waals surface area contributed by atoms with Gasteiger partial charge >= 0.3 is 5.76 Å². The number of ketones is 1. The third-order valence-electron chi connectivity index (χ3n) is 3.54. The van der Waals surface area contributed by atoms with Crippen LogP contribution in [0, 0.1) is 11.3 Å². The van der Waals surface area contributed by atoms with Crippen molar-refractivity contribution >= 4 is 29.2 Å². The summed E-state index contributed by atoms with van der Waals surface area (Å²) in [5, 5.41) is 18.8. The number of aromatic hydroxyl groups is 1. The molecule has 2 aromatic carbocycles. The first-order valence-electron chi connectivity index (χ1n) is 7.09. The van der Waals surface area contributed by atoms with Gasteiger partial charge in [0.25, 0.3) is 0 Å². The maximum atomic E-state index is 12.5. The minimum absolute atomic E-state index is 0.0517. The number of oxazole rings is 1. The van der Waals surface area contributed by atoms with E-state index in [4.69, 9.17) is 4.42 Å². The van der Waals surface area contributed by atoms with Gasteiger partial charge in [0, 0.05) is 5.56 Å². The van der Waals surface area contributed by atoms with Gasteiger partial charge in [-0.1, -0.05) is 6.07 Å². The molecule has 1 aromatic heterocycles. The second-order valence-electron chi connectivity index (χ2n) is 5.16. The van der Waals surface area contributed by atoms with Gasteiger partial charge in [-0.25, -0.2) is 4.79 Å². The summed E-state index contributed by atoms with van der Waals surface area (Å²) < 4.78 is 4.86. The number of H-pyrrole nitrogens is 1. The summed E-state index contributed by atoms with van der Waals surface area (Å²) in [7, 11) is 0. The van der Waals surface area contributed by atoms with E-state index < -0.39 is 11.5 Å². The lowest BCUT2D eigenvalue weighted by molar-refractivity contribution is 0.103. The summed E-state index contributed by atoms with van der Waals surface area (Å²) in [6, 6.07) is 10.3. The molecule has 1 heterocycles. The molecule has 0 amide bonds. The summed E-state index contributed by atoms with van der Waals surface area (Å²) in [4.78, 5) is 37.0. The van der Waals surface area contributed by atoms with Crippen LogP contribution in [0.3, 0.4) is 0 Å². The normalized spacial score (nSPS) is 11.2. The van der Waals surface area contributed by atoms with E-state index in [9.17, 15) is 24.8 Å². The summed E-state index contributed by atoms with van der Waals surface area (Å²) in [5.74, 6) is -1.38. The summed E-state index contributed by atoms with van der Waals surface area (Å²) in [5.41, 5.74) is 1.16. The molecule has 7 nitrogen and oxygen atoms in total. The van der Waals surface area contributed by atoms with Crippen molar-refractivity contribution in [2.24, 2.45) is 0 Å². The number of fused-ring (bicyclic) bond motifs is 1. The maximum Gasteiger partial charge on any atom is 0.417 e. The number of Topliss-reactive ketones (excluding diaryl/α,β-unsaturated/α-hetero) is 1. The Morgan fingerprint density at radius 1 is 1.24 bits per heavy atom. The van der Waals surface area contributed by atoms with E-state index in [1.807, 2.05) is 6.07 Å². The molecule has 0 bridgehead atoms. The Morgan fingerprint density at radius 3 is 2.76 bits per heavy atom. The number of aromatic amines is 1. The number of phenolic OH excluding ortho intramolecular Hbond substituents is 1. The Hall–Kier alpha value is -3.92. The first-order chi connectivity index (χ1) is 12.0. The topological polar surface area (TPSA) is 124 Å². The van der Waals surface area contributed by atoms with Crippen LogP contribution in [-0.2, 0) is 0 Å². The average molecular weight is 334 g/mol. The van der Waals surface area contributed by atoms with Crippen LogP contribution in [0.25, 0.3) is 17.2 Å². The lowest BCUT2D eigenvalue weighted by atomic mass is 10.0. The van der Waals surface area contributed by atoms with Gasteiger partial charge in [0.2, 0.25) is 5.78 Å². The molecule has 0 radical (unpaired) electrons. The number of aromatic nitrogens is 1. The lowest BCUT2D eigenvalue weighted by Gasteiger charge is -2.02. The van der Waals surface area contributed by atoms with Crippen molar-refractivity contribution in [1.82, 2.24) is 4.98 Å².